The Morgan fingerprint density at radius 1 is 1.04 bits per heavy atom. The van der Waals surface area contributed by atoms with Crippen molar-refractivity contribution in [3.63, 3.8) is 0 Å². The molecule has 144 valence electrons. The van der Waals surface area contributed by atoms with Gasteiger partial charge in [-0.25, -0.2) is 0 Å². The quantitative estimate of drug-likeness (QED) is 0.808. The van der Waals surface area contributed by atoms with Crippen molar-refractivity contribution < 1.29 is 19.0 Å². The van der Waals surface area contributed by atoms with Crippen LogP contribution in [0, 0.1) is 0 Å². The van der Waals surface area contributed by atoms with Gasteiger partial charge in [-0.2, -0.15) is 0 Å². The standard InChI is InChI=1S/C21H26N2O4/c1-25-16-8-6-15(7-9-16)19-5-4-12-23(19)14-21(24)22-18-11-10-17(26-2)13-20(18)27-3/h6-11,13,19H,4-5,12,14H2,1-3H3,(H,22,24)/t19-/m0/s1. The van der Waals surface area contributed by atoms with E-state index in [0.29, 0.717) is 23.7 Å². The first-order chi connectivity index (χ1) is 13.1. The molecule has 1 aliphatic rings. The number of carbonyl (C=O) groups is 1. The fourth-order valence-corrected chi connectivity index (χ4v) is 3.49. The predicted octanol–water partition coefficient (Wildman–Crippen LogP) is 3.49. The topological polar surface area (TPSA) is 60.0 Å². The van der Waals surface area contributed by atoms with Crippen LogP contribution in [0.2, 0.25) is 0 Å². The molecule has 1 heterocycles. The lowest BCUT2D eigenvalue weighted by Crippen LogP contribution is -2.33. The molecule has 0 aliphatic carbocycles. The van der Waals surface area contributed by atoms with Crippen LogP contribution in [-0.2, 0) is 4.79 Å². The van der Waals surface area contributed by atoms with Crippen molar-refractivity contribution in [3.05, 3.63) is 48.0 Å². The molecule has 1 N–H and O–H groups in total. The summed E-state index contributed by atoms with van der Waals surface area (Å²) in [6.45, 7) is 1.25. The molecule has 1 fully saturated rings. The average molecular weight is 370 g/mol. The second-order valence-electron chi connectivity index (χ2n) is 6.52. The Morgan fingerprint density at radius 3 is 2.41 bits per heavy atom. The van der Waals surface area contributed by atoms with Crippen LogP contribution >= 0.6 is 0 Å². The summed E-state index contributed by atoms with van der Waals surface area (Å²) >= 11 is 0. The van der Waals surface area contributed by atoms with Crippen LogP contribution in [0.5, 0.6) is 17.2 Å². The van der Waals surface area contributed by atoms with Gasteiger partial charge in [-0.05, 0) is 49.2 Å². The highest BCUT2D eigenvalue weighted by atomic mass is 16.5. The fraction of sp³-hybridized carbons (Fsp3) is 0.381. The summed E-state index contributed by atoms with van der Waals surface area (Å²) in [7, 11) is 4.83. The third-order valence-electron chi connectivity index (χ3n) is 4.89. The molecule has 2 aromatic rings. The summed E-state index contributed by atoms with van der Waals surface area (Å²) in [6, 6.07) is 13.7. The molecule has 0 saturated carbocycles. The molecule has 1 amide bonds. The Balaban J connectivity index is 1.66. The summed E-state index contributed by atoms with van der Waals surface area (Å²) < 4.78 is 15.8. The third kappa shape index (κ3) is 4.52. The van der Waals surface area contributed by atoms with Gasteiger partial charge in [0.2, 0.25) is 5.91 Å². The van der Waals surface area contributed by atoms with E-state index in [0.717, 1.165) is 25.1 Å². The van der Waals surface area contributed by atoms with Crippen molar-refractivity contribution in [1.29, 1.82) is 0 Å². The minimum atomic E-state index is -0.0566. The number of benzene rings is 2. The normalized spacial score (nSPS) is 16.8. The Labute approximate surface area is 160 Å². The SMILES string of the molecule is COc1ccc([C@@H]2CCCN2CC(=O)Nc2ccc(OC)cc2OC)cc1. The molecular weight excluding hydrogens is 344 g/mol. The average Bonchev–Trinajstić information content (AvgIpc) is 3.16. The highest BCUT2D eigenvalue weighted by Gasteiger charge is 2.27. The van der Waals surface area contributed by atoms with Crippen LogP contribution in [-0.4, -0.2) is 45.2 Å². The largest absolute Gasteiger partial charge is 0.497 e. The maximum absolute atomic E-state index is 12.6. The number of amides is 1. The van der Waals surface area contributed by atoms with Gasteiger partial charge >= 0.3 is 0 Å². The lowest BCUT2D eigenvalue weighted by Gasteiger charge is -2.24. The molecule has 2 aromatic carbocycles. The number of ether oxygens (including phenoxy) is 3. The van der Waals surface area contributed by atoms with E-state index in [-0.39, 0.29) is 11.9 Å². The summed E-state index contributed by atoms with van der Waals surface area (Å²) in [4.78, 5) is 14.8. The van der Waals surface area contributed by atoms with Crippen molar-refractivity contribution in [2.24, 2.45) is 0 Å². The van der Waals surface area contributed by atoms with Gasteiger partial charge in [-0.3, -0.25) is 9.69 Å². The number of methoxy groups -OCH3 is 3. The van der Waals surface area contributed by atoms with E-state index in [9.17, 15) is 4.79 Å². The number of nitrogens with zero attached hydrogens (tertiary/aromatic N) is 1. The van der Waals surface area contributed by atoms with Gasteiger partial charge in [0.05, 0.1) is 33.6 Å². The van der Waals surface area contributed by atoms with Gasteiger partial charge < -0.3 is 19.5 Å². The van der Waals surface area contributed by atoms with Crippen molar-refractivity contribution in [3.8, 4) is 17.2 Å². The summed E-state index contributed by atoms with van der Waals surface area (Å²) in [6.07, 6.45) is 2.13. The zero-order chi connectivity index (χ0) is 19.2. The molecule has 3 rings (SSSR count). The molecule has 27 heavy (non-hydrogen) atoms. The highest BCUT2D eigenvalue weighted by Crippen LogP contribution is 2.33. The third-order valence-corrected chi connectivity index (χ3v) is 4.89. The molecular formula is C21H26N2O4. The highest BCUT2D eigenvalue weighted by molar-refractivity contribution is 5.93. The Kier molecular flexibility index (Phi) is 6.19. The lowest BCUT2D eigenvalue weighted by molar-refractivity contribution is -0.117. The van der Waals surface area contributed by atoms with Crippen LogP contribution in [0.4, 0.5) is 5.69 Å². The van der Waals surface area contributed by atoms with Crippen LogP contribution in [0.15, 0.2) is 42.5 Å². The van der Waals surface area contributed by atoms with Gasteiger partial charge in [0.1, 0.15) is 17.2 Å². The van der Waals surface area contributed by atoms with Crippen LogP contribution in [0.3, 0.4) is 0 Å². The van der Waals surface area contributed by atoms with Crippen molar-refractivity contribution in [2.75, 3.05) is 39.7 Å². The molecule has 6 heteroatoms. The molecule has 1 saturated heterocycles. The van der Waals surface area contributed by atoms with E-state index in [4.69, 9.17) is 14.2 Å². The molecule has 1 atom stereocenters. The Hall–Kier alpha value is -2.73. The van der Waals surface area contributed by atoms with Gasteiger partial charge in [0, 0.05) is 12.1 Å². The molecule has 0 bridgehead atoms. The fourth-order valence-electron chi connectivity index (χ4n) is 3.49. The van der Waals surface area contributed by atoms with E-state index in [1.165, 1.54) is 5.56 Å². The van der Waals surface area contributed by atoms with E-state index >= 15 is 0 Å². The first-order valence-electron chi connectivity index (χ1n) is 9.04. The Bertz CT molecular complexity index is 776. The zero-order valence-corrected chi connectivity index (χ0v) is 16.0. The minimum absolute atomic E-state index is 0.0566. The second kappa shape index (κ2) is 8.77. The van der Waals surface area contributed by atoms with Gasteiger partial charge in [0.15, 0.2) is 0 Å². The summed E-state index contributed by atoms with van der Waals surface area (Å²) in [5, 5.41) is 2.95. The minimum Gasteiger partial charge on any atom is -0.497 e. The zero-order valence-electron chi connectivity index (χ0n) is 16.0. The smallest absolute Gasteiger partial charge is 0.238 e. The number of nitrogens with one attached hydrogen (secondary N) is 1. The maximum Gasteiger partial charge on any atom is 0.238 e. The van der Waals surface area contributed by atoms with Gasteiger partial charge in [-0.1, -0.05) is 12.1 Å². The summed E-state index contributed by atoms with van der Waals surface area (Å²) in [5.41, 5.74) is 1.85. The van der Waals surface area contributed by atoms with Crippen molar-refractivity contribution in [1.82, 2.24) is 4.90 Å². The van der Waals surface area contributed by atoms with Crippen molar-refractivity contribution >= 4 is 11.6 Å². The molecule has 0 radical (unpaired) electrons. The number of hydrogen-bond donors (Lipinski definition) is 1. The number of hydrogen-bond acceptors (Lipinski definition) is 5. The lowest BCUT2D eigenvalue weighted by atomic mass is 10.0. The number of anilines is 1. The molecule has 0 aromatic heterocycles. The number of likely N-dealkylation sites (tertiary alicyclic amines) is 1. The van der Waals surface area contributed by atoms with Gasteiger partial charge in [0.25, 0.3) is 0 Å². The van der Waals surface area contributed by atoms with Gasteiger partial charge in [-0.15, -0.1) is 0 Å². The molecule has 0 spiro atoms. The van der Waals surface area contributed by atoms with E-state index < -0.39 is 0 Å². The molecule has 1 aliphatic heterocycles. The van der Waals surface area contributed by atoms with Crippen LogP contribution in [0.1, 0.15) is 24.4 Å². The first-order valence-corrected chi connectivity index (χ1v) is 9.04. The van der Waals surface area contributed by atoms with E-state index in [2.05, 4.69) is 22.3 Å². The second-order valence-corrected chi connectivity index (χ2v) is 6.52. The number of rotatable bonds is 7. The van der Waals surface area contributed by atoms with Crippen LogP contribution in [0.25, 0.3) is 0 Å². The van der Waals surface area contributed by atoms with Crippen molar-refractivity contribution in [2.45, 2.75) is 18.9 Å². The molecule has 6 nitrogen and oxygen atoms in total. The Morgan fingerprint density at radius 2 is 1.74 bits per heavy atom. The number of carbonyl (C=O) groups excluding carboxylic acids is 1. The predicted molar refractivity (Wildman–Crippen MR) is 105 cm³/mol. The monoisotopic (exact) mass is 370 g/mol. The van der Waals surface area contributed by atoms with Crippen LogP contribution < -0.4 is 19.5 Å². The van der Waals surface area contributed by atoms with E-state index in [1.54, 1.807) is 39.5 Å². The summed E-state index contributed by atoms with van der Waals surface area (Å²) in [5.74, 6) is 2.05. The first kappa shape index (κ1) is 19.0. The van der Waals surface area contributed by atoms with E-state index in [1.807, 2.05) is 12.1 Å². The molecule has 0 unspecified atom stereocenters. The maximum atomic E-state index is 12.6.